The molecule has 3 atom stereocenters. The zero-order valence-electron chi connectivity index (χ0n) is 7.33. The first kappa shape index (κ1) is 8.97. The summed E-state index contributed by atoms with van der Waals surface area (Å²) in [4.78, 5) is 2.17. The minimum atomic E-state index is -0.213. The van der Waals surface area contributed by atoms with Crippen LogP contribution in [0.25, 0.3) is 0 Å². The summed E-state index contributed by atoms with van der Waals surface area (Å²) < 4.78 is 0. The number of aliphatic hydroxyl groups is 1. The Morgan fingerprint density at radius 3 is 2.64 bits per heavy atom. The SMILES string of the molecule is CCC(O)C1CN(C)CC1N. The topological polar surface area (TPSA) is 49.5 Å². The molecule has 3 nitrogen and oxygen atoms in total. The summed E-state index contributed by atoms with van der Waals surface area (Å²) in [5.41, 5.74) is 5.84. The molecule has 0 bridgehead atoms. The van der Waals surface area contributed by atoms with E-state index in [9.17, 15) is 5.11 Å². The number of hydrogen-bond donors (Lipinski definition) is 2. The van der Waals surface area contributed by atoms with Gasteiger partial charge in [0.15, 0.2) is 0 Å². The summed E-state index contributed by atoms with van der Waals surface area (Å²) >= 11 is 0. The van der Waals surface area contributed by atoms with Gasteiger partial charge < -0.3 is 15.7 Å². The fraction of sp³-hybridized carbons (Fsp3) is 1.00. The van der Waals surface area contributed by atoms with Crippen LogP contribution >= 0.6 is 0 Å². The van der Waals surface area contributed by atoms with Crippen LogP contribution in [0.3, 0.4) is 0 Å². The summed E-state index contributed by atoms with van der Waals surface area (Å²) in [6, 6.07) is 0.162. The van der Waals surface area contributed by atoms with Gasteiger partial charge in [0.25, 0.3) is 0 Å². The molecular formula is C8H18N2O. The molecule has 1 fully saturated rings. The van der Waals surface area contributed by atoms with Gasteiger partial charge in [0.2, 0.25) is 0 Å². The molecule has 0 saturated carbocycles. The van der Waals surface area contributed by atoms with Gasteiger partial charge >= 0.3 is 0 Å². The second-order valence-corrected chi connectivity index (χ2v) is 3.52. The molecule has 3 unspecified atom stereocenters. The van der Waals surface area contributed by atoms with Crippen LogP contribution in [0.1, 0.15) is 13.3 Å². The molecule has 1 aliphatic heterocycles. The van der Waals surface area contributed by atoms with Crippen LogP contribution in [-0.4, -0.2) is 42.3 Å². The van der Waals surface area contributed by atoms with E-state index in [1.54, 1.807) is 0 Å². The molecule has 0 aromatic heterocycles. The predicted molar refractivity (Wildman–Crippen MR) is 45.3 cm³/mol. The van der Waals surface area contributed by atoms with Crippen molar-refractivity contribution in [3.63, 3.8) is 0 Å². The minimum absolute atomic E-state index is 0.162. The molecule has 3 heteroatoms. The van der Waals surface area contributed by atoms with Crippen molar-refractivity contribution in [3.05, 3.63) is 0 Å². The summed E-state index contributed by atoms with van der Waals surface area (Å²) in [6.45, 7) is 3.85. The number of nitrogens with two attached hydrogens (primary N) is 1. The highest BCUT2D eigenvalue weighted by Crippen LogP contribution is 2.18. The second kappa shape index (κ2) is 3.52. The molecule has 11 heavy (non-hydrogen) atoms. The van der Waals surface area contributed by atoms with Crippen molar-refractivity contribution in [3.8, 4) is 0 Å². The summed E-state index contributed by atoms with van der Waals surface area (Å²) in [5.74, 6) is 0.282. The van der Waals surface area contributed by atoms with E-state index in [-0.39, 0.29) is 18.1 Å². The first-order valence-corrected chi connectivity index (χ1v) is 4.27. The van der Waals surface area contributed by atoms with Crippen LogP contribution in [-0.2, 0) is 0 Å². The average molecular weight is 158 g/mol. The second-order valence-electron chi connectivity index (χ2n) is 3.52. The number of hydrogen-bond acceptors (Lipinski definition) is 3. The molecule has 1 aliphatic rings. The molecule has 0 aromatic rings. The van der Waals surface area contributed by atoms with E-state index >= 15 is 0 Å². The van der Waals surface area contributed by atoms with Gasteiger partial charge in [0.05, 0.1) is 6.10 Å². The molecule has 1 saturated heterocycles. The molecule has 1 heterocycles. The number of likely N-dealkylation sites (N-methyl/N-ethyl adjacent to an activating group) is 1. The molecule has 0 aromatic carbocycles. The van der Waals surface area contributed by atoms with Crippen molar-refractivity contribution < 1.29 is 5.11 Å². The van der Waals surface area contributed by atoms with Crippen molar-refractivity contribution >= 4 is 0 Å². The lowest BCUT2D eigenvalue weighted by atomic mass is 9.96. The normalized spacial score (nSPS) is 36.0. The minimum Gasteiger partial charge on any atom is -0.393 e. The third kappa shape index (κ3) is 1.92. The van der Waals surface area contributed by atoms with E-state index < -0.39 is 0 Å². The average Bonchev–Trinajstić information content (AvgIpc) is 2.28. The molecular weight excluding hydrogens is 140 g/mol. The third-order valence-electron chi connectivity index (χ3n) is 2.51. The monoisotopic (exact) mass is 158 g/mol. The molecule has 0 radical (unpaired) electrons. The van der Waals surface area contributed by atoms with E-state index in [2.05, 4.69) is 4.90 Å². The van der Waals surface area contributed by atoms with Crippen molar-refractivity contribution in [2.45, 2.75) is 25.5 Å². The molecule has 3 N–H and O–H groups in total. The Morgan fingerprint density at radius 1 is 1.64 bits per heavy atom. The highest BCUT2D eigenvalue weighted by Gasteiger charge is 2.32. The highest BCUT2D eigenvalue weighted by atomic mass is 16.3. The Balaban J connectivity index is 2.45. The quantitative estimate of drug-likeness (QED) is 0.577. The van der Waals surface area contributed by atoms with Crippen LogP contribution in [0.15, 0.2) is 0 Å². The Labute approximate surface area is 68.2 Å². The molecule has 0 amide bonds. The Hall–Kier alpha value is -0.120. The maximum Gasteiger partial charge on any atom is 0.0593 e. The van der Waals surface area contributed by atoms with E-state index in [1.165, 1.54) is 0 Å². The lowest BCUT2D eigenvalue weighted by Gasteiger charge is -2.19. The van der Waals surface area contributed by atoms with E-state index in [0.717, 1.165) is 19.5 Å². The molecule has 0 spiro atoms. The third-order valence-corrected chi connectivity index (χ3v) is 2.51. The van der Waals surface area contributed by atoms with E-state index in [4.69, 9.17) is 5.73 Å². The van der Waals surface area contributed by atoms with Crippen LogP contribution < -0.4 is 5.73 Å². The molecule has 1 rings (SSSR count). The number of nitrogens with zero attached hydrogens (tertiary/aromatic N) is 1. The first-order chi connectivity index (χ1) is 5.15. The van der Waals surface area contributed by atoms with Gasteiger partial charge in [-0.15, -0.1) is 0 Å². The summed E-state index contributed by atoms with van der Waals surface area (Å²) in [6.07, 6.45) is 0.599. The fourth-order valence-corrected chi connectivity index (χ4v) is 1.77. The fourth-order valence-electron chi connectivity index (χ4n) is 1.77. The lowest BCUT2D eigenvalue weighted by Crippen LogP contribution is -2.36. The van der Waals surface area contributed by atoms with Gasteiger partial charge in [-0.25, -0.2) is 0 Å². The number of likely N-dealkylation sites (tertiary alicyclic amines) is 1. The van der Waals surface area contributed by atoms with Crippen LogP contribution in [0.5, 0.6) is 0 Å². The Kier molecular flexibility index (Phi) is 2.87. The zero-order chi connectivity index (χ0) is 8.43. The van der Waals surface area contributed by atoms with Gasteiger partial charge in [-0.2, -0.15) is 0 Å². The number of aliphatic hydroxyl groups excluding tert-OH is 1. The van der Waals surface area contributed by atoms with Gasteiger partial charge in [-0.05, 0) is 13.5 Å². The maximum atomic E-state index is 9.54. The van der Waals surface area contributed by atoms with E-state index in [1.807, 2.05) is 14.0 Å². The maximum absolute atomic E-state index is 9.54. The Bertz CT molecular complexity index is 125. The van der Waals surface area contributed by atoms with Gasteiger partial charge in [-0.3, -0.25) is 0 Å². The van der Waals surface area contributed by atoms with Gasteiger partial charge in [0.1, 0.15) is 0 Å². The zero-order valence-corrected chi connectivity index (χ0v) is 7.33. The van der Waals surface area contributed by atoms with Crippen molar-refractivity contribution in [1.82, 2.24) is 4.90 Å². The first-order valence-electron chi connectivity index (χ1n) is 4.27. The van der Waals surface area contributed by atoms with Crippen molar-refractivity contribution in [1.29, 1.82) is 0 Å². The lowest BCUT2D eigenvalue weighted by molar-refractivity contribution is 0.102. The van der Waals surface area contributed by atoms with Gasteiger partial charge in [-0.1, -0.05) is 6.92 Å². The smallest absolute Gasteiger partial charge is 0.0593 e. The number of rotatable bonds is 2. The van der Waals surface area contributed by atoms with Crippen molar-refractivity contribution in [2.75, 3.05) is 20.1 Å². The standard InChI is InChI=1S/C8H18N2O/c1-3-8(11)6-4-10(2)5-7(6)9/h6-8,11H,3-5,9H2,1-2H3. The Morgan fingerprint density at radius 2 is 2.27 bits per heavy atom. The highest BCUT2D eigenvalue weighted by molar-refractivity contribution is 4.88. The molecule has 66 valence electrons. The summed E-state index contributed by atoms with van der Waals surface area (Å²) in [7, 11) is 2.04. The van der Waals surface area contributed by atoms with Crippen molar-refractivity contribution in [2.24, 2.45) is 11.7 Å². The summed E-state index contributed by atoms with van der Waals surface area (Å²) in [5, 5.41) is 9.54. The molecule has 0 aliphatic carbocycles. The van der Waals surface area contributed by atoms with E-state index in [0.29, 0.717) is 0 Å². The predicted octanol–water partition coefficient (Wildman–Crippen LogP) is -0.354. The van der Waals surface area contributed by atoms with Gasteiger partial charge in [0, 0.05) is 25.0 Å². The van der Waals surface area contributed by atoms with Crippen LogP contribution in [0, 0.1) is 5.92 Å². The largest absolute Gasteiger partial charge is 0.393 e. The van der Waals surface area contributed by atoms with Crippen LogP contribution in [0.4, 0.5) is 0 Å². The van der Waals surface area contributed by atoms with Crippen LogP contribution in [0.2, 0.25) is 0 Å².